The fourth-order valence-corrected chi connectivity index (χ4v) is 1.99. The summed E-state index contributed by atoms with van der Waals surface area (Å²) in [4.78, 5) is 0. The van der Waals surface area contributed by atoms with Crippen molar-refractivity contribution in [2.24, 2.45) is 21.7 Å². The first kappa shape index (κ1) is 16.3. The zero-order chi connectivity index (χ0) is 16.5. The molecule has 0 amide bonds. The van der Waals surface area contributed by atoms with Gasteiger partial charge < -0.3 is 26.5 Å². The molecule has 6 N–H and O–H groups in total. The topological polar surface area (TPSA) is 121 Å². The van der Waals surface area contributed by atoms with Crippen molar-refractivity contribution in [1.82, 2.24) is 0 Å². The summed E-state index contributed by atoms with van der Waals surface area (Å²) in [7, 11) is -0.458. The molecule has 0 atom stereocenters. The van der Waals surface area contributed by atoms with Gasteiger partial charge in [0.1, 0.15) is 0 Å². The van der Waals surface area contributed by atoms with Crippen molar-refractivity contribution < 1.29 is 9.31 Å². The Bertz CT molecular complexity index is 608. The molecule has 22 heavy (non-hydrogen) atoms. The Morgan fingerprint density at radius 3 is 2.27 bits per heavy atom. The van der Waals surface area contributed by atoms with Gasteiger partial charge in [-0.25, -0.2) is 0 Å². The summed E-state index contributed by atoms with van der Waals surface area (Å²) >= 11 is 0. The van der Waals surface area contributed by atoms with Crippen LogP contribution in [0.2, 0.25) is 0 Å². The predicted octanol–water partition coefficient (Wildman–Crippen LogP) is 0.175. The minimum absolute atomic E-state index is 0.114. The molecule has 0 unspecified atom stereocenters. The molecule has 1 aromatic rings. The van der Waals surface area contributed by atoms with Gasteiger partial charge in [-0.15, -0.1) is 5.10 Å². The first-order valence-corrected chi connectivity index (χ1v) is 6.99. The predicted molar refractivity (Wildman–Crippen MR) is 90.0 cm³/mol. The Balaban J connectivity index is 2.28. The lowest BCUT2D eigenvalue weighted by Gasteiger charge is -2.32. The Morgan fingerprint density at radius 1 is 1.14 bits per heavy atom. The van der Waals surface area contributed by atoms with Crippen molar-refractivity contribution in [2.45, 2.75) is 38.9 Å². The molecule has 2 rings (SSSR count). The average Bonchev–Trinajstić information content (AvgIpc) is 2.60. The Kier molecular flexibility index (Phi) is 4.17. The van der Waals surface area contributed by atoms with Gasteiger partial charge in [-0.3, -0.25) is 0 Å². The normalized spacial score (nSPS) is 19.5. The van der Waals surface area contributed by atoms with Crippen LogP contribution in [0.1, 0.15) is 33.3 Å². The first-order chi connectivity index (χ1) is 10.1. The van der Waals surface area contributed by atoms with E-state index in [2.05, 4.69) is 10.2 Å². The second kappa shape index (κ2) is 5.62. The van der Waals surface area contributed by atoms with Gasteiger partial charge in [0.05, 0.1) is 17.4 Å². The maximum atomic E-state index is 6.01. The highest BCUT2D eigenvalue weighted by molar-refractivity contribution is 6.62. The molecule has 118 valence electrons. The van der Waals surface area contributed by atoms with Gasteiger partial charge in [0.2, 0.25) is 5.96 Å². The summed E-state index contributed by atoms with van der Waals surface area (Å²) in [5.41, 5.74) is 17.7. The Morgan fingerprint density at radius 2 is 1.73 bits per heavy atom. The lowest BCUT2D eigenvalue weighted by Crippen LogP contribution is -2.41. The smallest absolute Gasteiger partial charge is 0.399 e. The molecule has 0 saturated carbocycles. The third kappa shape index (κ3) is 3.23. The Hall–Kier alpha value is -2.06. The molecule has 1 aliphatic heterocycles. The largest absolute Gasteiger partial charge is 0.494 e. The number of hydrogen-bond donors (Lipinski definition) is 3. The quantitative estimate of drug-likeness (QED) is 0.242. The summed E-state index contributed by atoms with van der Waals surface area (Å²) in [6, 6.07) is 5.50. The zero-order valence-corrected chi connectivity index (χ0v) is 13.3. The van der Waals surface area contributed by atoms with E-state index in [4.69, 9.17) is 26.5 Å². The lowest BCUT2D eigenvalue weighted by atomic mass is 9.78. The van der Waals surface area contributed by atoms with Crippen LogP contribution in [0.5, 0.6) is 0 Å². The van der Waals surface area contributed by atoms with Crippen LogP contribution in [0.4, 0.5) is 5.69 Å². The number of nitrogens with zero attached hydrogens (tertiary/aromatic N) is 2. The standard InChI is InChI=1S/C14H22BN5O2/c1-13(2)14(3,4)22-15(21-13)10-5-6-11(16)9(7-10)8-19-20-12(17)18/h5-8H,16H2,1-4H3,(H4,17,18,20). The van der Waals surface area contributed by atoms with Gasteiger partial charge in [-0.2, -0.15) is 5.10 Å². The highest BCUT2D eigenvalue weighted by Gasteiger charge is 2.51. The highest BCUT2D eigenvalue weighted by atomic mass is 16.7. The van der Waals surface area contributed by atoms with E-state index in [0.29, 0.717) is 11.3 Å². The van der Waals surface area contributed by atoms with Crippen LogP contribution in [-0.2, 0) is 9.31 Å². The summed E-state index contributed by atoms with van der Waals surface area (Å²) in [6.45, 7) is 8.02. The third-order valence-corrected chi connectivity index (χ3v) is 4.01. The molecule has 7 nitrogen and oxygen atoms in total. The van der Waals surface area contributed by atoms with Gasteiger partial charge >= 0.3 is 7.12 Å². The van der Waals surface area contributed by atoms with Crippen LogP contribution >= 0.6 is 0 Å². The molecule has 0 bridgehead atoms. The van der Waals surface area contributed by atoms with Crippen LogP contribution < -0.4 is 22.7 Å². The summed E-state index contributed by atoms with van der Waals surface area (Å²) in [6.07, 6.45) is 1.49. The minimum atomic E-state index is -0.458. The van der Waals surface area contributed by atoms with Crippen molar-refractivity contribution in [3.63, 3.8) is 0 Å². The molecule has 1 aliphatic rings. The highest BCUT2D eigenvalue weighted by Crippen LogP contribution is 2.36. The van der Waals surface area contributed by atoms with E-state index in [1.54, 1.807) is 6.07 Å². The average molecular weight is 303 g/mol. The fraction of sp³-hybridized carbons (Fsp3) is 0.429. The minimum Gasteiger partial charge on any atom is -0.399 e. The van der Waals surface area contributed by atoms with E-state index in [-0.39, 0.29) is 5.96 Å². The van der Waals surface area contributed by atoms with E-state index in [0.717, 1.165) is 5.46 Å². The van der Waals surface area contributed by atoms with Crippen LogP contribution in [0.25, 0.3) is 0 Å². The molecule has 0 radical (unpaired) electrons. The van der Waals surface area contributed by atoms with E-state index in [1.807, 2.05) is 39.8 Å². The van der Waals surface area contributed by atoms with E-state index >= 15 is 0 Å². The number of hydrogen-bond acceptors (Lipinski definition) is 5. The van der Waals surface area contributed by atoms with Crippen molar-refractivity contribution in [3.8, 4) is 0 Å². The maximum Gasteiger partial charge on any atom is 0.494 e. The second-order valence-corrected chi connectivity index (χ2v) is 6.25. The number of rotatable bonds is 3. The summed E-state index contributed by atoms with van der Waals surface area (Å²) in [5, 5.41) is 7.34. The van der Waals surface area contributed by atoms with Crippen molar-refractivity contribution in [3.05, 3.63) is 23.8 Å². The van der Waals surface area contributed by atoms with E-state index in [9.17, 15) is 0 Å². The third-order valence-electron chi connectivity index (χ3n) is 4.01. The molecule has 1 aromatic carbocycles. The monoisotopic (exact) mass is 303 g/mol. The molecule has 0 aromatic heterocycles. The molecule has 1 fully saturated rings. The molecule has 1 saturated heterocycles. The molecule has 8 heteroatoms. The van der Waals surface area contributed by atoms with Gasteiger partial charge in [0.25, 0.3) is 0 Å². The van der Waals surface area contributed by atoms with Gasteiger partial charge in [-0.1, -0.05) is 12.1 Å². The Labute approximate surface area is 130 Å². The second-order valence-electron chi connectivity index (χ2n) is 6.25. The SMILES string of the molecule is CC1(C)OB(c2ccc(N)c(C=NN=C(N)N)c2)OC1(C)C. The first-order valence-electron chi connectivity index (χ1n) is 6.99. The van der Waals surface area contributed by atoms with E-state index < -0.39 is 18.3 Å². The molecular weight excluding hydrogens is 281 g/mol. The number of guanidine groups is 1. The van der Waals surface area contributed by atoms with Crippen LogP contribution in [-0.4, -0.2) is 30.5 Å². The van der Waals surface area contributed by atoms with Gasteiger partial charge in [0, 0.05) is 11.3 Å². The molecule has 0 spiro atoms. The van der Waals surface area contributed by atoms with E-state index in [1.165, 1.54) is 6.21 Å². The number of nitrogen functional groups attached to an aromatic ring is 1. The van der Waals surface area contributed by atoms with Crippen molar-refractivity contribution >= 4 is 30.4 Å². The molecular formula is C14H22BN5O2. The van der Waals surface area contributed by atoms with Crippen LogP contribution in [0, 0.1) is 0 Å². The van der Waals surface area contributed by atoms with Gasteiger partial charge in [0.15, 0.2) is 0 Å². The van der Waals surface area contributed by atoms with Gasteiger partial charge in [-0.05, 0) is 39.2 Å². The number of nitrogens with two attached hydrogens (primary N) is 3. The van der Waals surface area contributed by atoms with Crippen molar-refractivity contribution in [1.29, 1.82) is 0 Å². The summed E-state index contributed by atoms with van der Waals surface area (Å²) in [5.74, 6) is -0.114. The molecule has 0 aliphatic carbocycles. The number of anilines is 1. The van der Waals surface area contributed by atoms with Crippen molar-refractivity contribution in [2.75, 3.05) is 5.73 Å². The molecule has 1 heterocycles. The van der Waals surface area contributed by atoms with Crippen LogP contribution in [0.3, 0.4) is 0 Å². The lowest BCUT2D eigenvalue weighted by molar-refractivity contribution is 0.00578. The van der Waals surface area contributed by atoms with Crippen LogP contribution in [0.15, 0.2) is 28.4 Å². The fourth-order valence-electron chi connectivity index (χ4n) is 1.99. The zero-order valence-electron chi connectivity index (χ0n) is 13.3. The maximum absolute atomic E-state index is 6.01. The summed E-state index contributed by atoms with van der Waals surface area (Å²) < 4.78 is 12.0. The number of benzene rings is 1.